The van der Waals surface area contributed by atoms with Crippen molar-refractivity contribution in [3.63, 3.8) is 0 Å². The van der Waals surface area contributed by atoms with Gasteiger partial charge in [-0.3, -0.25) is 4.79 Å². The topological polar surface area (TPSA) is 76.0 Å². The van der Waals surface area contributed by atoms with Crippen molar-refractivity contribution in [2.75, 3.05) is 0 Å². The summed E-state index contributed by atoms with van der Waals surface area (Å²) in [6.45, 7) is 8.55. The Morgan fingerprint density at radius 1 is 1.25 bits per heavy atom. The Kier molecular flexibility index (Phi) is 2.11. The average Bonchev–Trinajstić information content (AvgIpc) is 2.85. The number of rotatable bonds is 0. The Bertz CT molecular complexity index is 506. The highest BCUT2D eigenvalue weighted by atomic mass is 16.7. The van der Waals surface area contributed by atoms with Gasteiger partial charge in [-0.1, -0.05) is 27.7 Å². The summed E-state index contributed by atoms with van der Waals surface area (Å²) >= 11 is 0. The molecule has 2 aliphatic carbocycles. The standard InChI is InChI=1S/C15H22O5/c1-6-8-5-13(3)7(2)15(11(19-8)14(6,13)4)9(16)10(17)20-12(15)18/h6-11,16-17H,5H2,1-4H3/t6-,7+,8+,9-,10-,11+,13+,14-,15+/m1/s1. The second kappa shape index (κ2) is 3.23. The van der Waals surface area contributed by atoms with E-state index in [4.69, 9.17) is 9.47 Å². The van der Waals surface area contributed by atoms with Crippen LogP contribution in [-0.2, 0) is 14.3 Å². The zero-order chi connectivity index (χ0) is 14.7. The monoisotopic (exact) mass is 282 g/mol. The van der Waals surface area contributed by atoms with E-state index in [0.29, 0.717) is 5.92 Å². The van der Waals surface area contributed by atoms with E-state index in [1.807, 2.05) is 6.92 Å². The predicted molar refractivity (Wildman–Crippen MR) is 68.4 cm³/mol. The molecule has 20 heavy (non-hydrogen) atoms. The highest BCUT2D eigenvalue weighted by Gasteiger charge is 2.85. The van der Waals surface area contributed by atoms with Crippen LogP contribution in [0.25, 0.3) is 0 Å². The molecule has 0 unspecified atom stereocenters. The van der Waals surface area contributed by atoms with Crippen LogP contribution < -0.4 is 0 Å². The largest absolute Gasteiger partial charge is 0.432 e. The third-order valence-electron chi connectivity index (χ3n) is 7.66. The van der Waals surface area contributed by atoms with Crippen LogP contribution in [-0.4, -0.2) is 40.8 Å². The van der Waals surface area contributed by atoms with Crippen molar-refractivity contribution in [2.45, 2.75) is 58.7 Å². The fourth-order valence-corrected chi connectivity index (χ4v) is 6.08. The predicted octanol–water partition coefficient (Wildman–Crippen LogP) is 0.678. The maximum Gasteiger partial charge on any atom is 0.320 e. The Hall–Kier alpha value is -0.650. The van der Waals surface area contributed by atoms with E-state index in [1.54, 1.807) is 0 Å². The molecule has 2 saturated heterocycles. The van der Waals surface area contributed by atoms with Crippen LogP contribution in [0, 0.1) is 28.1 Å². The minimum absolute atomic E-state index is 0.0793. The van der Waals surface area contributed by atoms with Gasteiger partial charge in [-0.05, 0) is 23.7 Å². The first-order valence-corrected chi connectivity index (χ1v) is 7.45. The van der Waals surface area contributed by atoms with E-state index >= 15 is 0 Å². The molecule has 5 nitrogen and oxygen atoms in total. The van der Waals surface area contributed by atoms with E-state index in [0.717, 1.165) is 6.42 Å². The van der Waals surface area contributed by atoms with Crippen LogP contribution in [0.5, 0.6) is 0 Å². The van der Waals surface area contributed by atoms with Crippen molar-refractivity contribution in [2.24, 2.45) is 28.1 Å². The molecule has 9 atom stereocenters. The molecular weight excluding hydrogens is 260 g/mol. The zero-order valence-corrected chi connectivity index (χ0v) is 12.3. The summed E-state index contributed by atoms with van der Waals surface area (Å²) in [5.41, 5.74) is -1.37. The number of ether oxygens (including phenoxy) is 2. The molecule has 4 rings (SSSR count). The number of carbonyl (C=O) groups excluding carboxylic acids is 1. The van der Waals surface area contributed by atoms with Crippen LogP contribution in [0.15, 0.2) is 0 Å². The third kappa shape index (κ3) is 0.911. The smallest absolute Gasteiger partial charge is 0.320 e. The lowest BCUT2D eigenvalue weighted by Gasteiger charge is -2.41. The van der Waals surface area contributed by atoms with E-state index in [-0.39, 0.29) is 29.0 Å². The lowest BCUT2D eigenvalue weighted by Crippen LogP contribution is -2.51. The highest BCUT2D eigenvalue weighted by Crippen LogP contribution is 2.79. The number of aliphatic hydroxyl groups is 2. The molecule has 4 aliphatic rings. The van der Waals surface area contributed by atoms with Gasteiger partial charge in [0.05, 0.1) is 12.2 Å². The number of esters is 1. The first kappa shape index (κ1) is 13.0. The molecule has 0 aromatic carbocycles. The minimum Gasteiger partial charge on any atom is -0.432 e. The normalized spacial score (nSPS) is 67.2. The van der Waals surface area contributed by atoms with Crippen LogP contribution >= 0.6 is 0 Å². The van der Waals surface area contributed by atoms with Crippen LogP contribution in [0.3, 0.4) is 0 Å². The summed E-state index contributed by atoms with van der Waals surface area (Å²) in [4.78, 5) is 12.5. The van der Waals surface area contributed by atoms with Crippen LogP contribution in [0.2, 0.25) is 0 Å². The Labute approximate surface area is 118 Å². The molecule has 2 saturated carbocycles. The van der Waals surface area contributed by atoms with Gasteiger partial charge in [0.1, 0.15) is 11.5 Å². The van der Waals surface area contributed by atoms with E-state index in [9.17, 15) is 15.0 Å². The number of fused-ring (bicyclic) bond motifs is 2. The molecule has 5 heteroatoms. The molecule has 2 heterocycles. The Morgan fingerprint density at radius 3 is 2.35 bits per heavy atom. The van der Waals surface area contributed by atoms with Gasteiger partial charge in [0.25, 0.3) is 0 Å². The fourth-order valence-electron chi connectivity index (χ4n) is 6.08. The maximum atomic E-state index is 12.5. The molecule has 0 aromatic heterocycles. The summed E-state index contributed by atoms with van der Waals surface area (Å²) in [6.07, 6.45) is -1.98. The Morgan fingerprint density at radius 2 is 1.90 bits per heavy atom. The zero-order valence-electron chi connectivity index (χ0n) is 12.3. The quantitative estimate of drug-likeness (QED) is 0.639. The maximum absolute atomic E-state index is 12.5. The van der Waals surface area contributed by atoms with Crippen molar-refractivity contribution in [3.05, 3.63) is 0 Å². The van der Waals surface area contributed by atoms with Gasteiger partial charge in [0, 0.05) is 5.41 Å². The van der Waals surface area contributed by atoms with Gasteiger partial charge in [-0.15, -0.1) is 0 Å². The SMILES string of the molecule is C[C@@H]1[C@@H]2C[C@@]3(C)[C@H](C)[C@@]4(C(=O)O[C@@H](O)[C@H]4O)[C@@H](O2)[C@@]13C. The Balaban J connectivity index is 1.96. The summed E-state index contributed by atoms with van der Waals surface area (Å²) in [5, 5.41) is 20.3. The number of aliphatic hydroxyl groups excluding tert-OH is 2. The van der Waals surface area contributed by atoms with Crippen molar-refractivity contribution in [1.29, 1.82) is 0 Å². The molecule has 2 aliphatic heterocycles. The highest BCUT2D eigenvalue weighted by molar-refractivity contribution is 5.83. The molecule has 0 aromatic rings. The number of hydrogen-bond acceptors (Lipinski definition) is 5. The van der Waals surface area contributed by atoms with E-state index in [2.05, 4.69) is 20.8 Å². The van der Waals surface area contributed by atoms with Crippen molar-refractivity contribution >= 4 is 5.97 Å². The van der Waals surface area contributed by atoms with Gasteiger partial charge in [0.15, 0.2) is 0 Å². The number of hydrogen-bond donors (Lipinski definition) is 2. The molecular formula is C15H22O5. The lowest BCUT2D eigenvalue weighted by molar-refractivity contribution is -0.163. The van der Waals surface area contributed by atoms with Gasteiger partial charge in [0.2, 0.25) is 6.29 Å². The second-order valence-electron chi connectivity index (χ2n) is 7.64. The van der Waals surface area contributed by atoms with Gasteiger partial charge in [-0.25, -0.2) is 0 Å². The number of carbonyl (C=O) groups is 1. The second-order valence-corrected chi connectivity index (χ2v) is 7.64. The summed E-state index contributed by atoms with van der Waals surface area (Å²) in [7, 11) is 0. The number of cyclic esters (lactones) is 1. The first-order valence-electron chi connectivity index (χ1n) is 7.45. The van der Waals surface area contributed by atoms with Crippen LogP contribution in [0.1, 0.15) is 34.1 Å². The fraction of sp³-hybridized carbons (Fsp3) is 0.933. The van der Waals surface area contributed by atoms with Crippen molar-refractivity contribution < 1.29 is 24.5 Å². The van der Waals surface area contributed by atoms with E-state index in [1.165, 1.54) is 0 Å². The minimum atomic E-state index is -1.44. The van der Waals surface area contributed by atoms with Crippen molar-refractivity contribution in [3.8, 4) is 0 Å². The van der Waals surface area contributed by atoms with E-state index < -0.39 is 23.8 Å². The molecule has 112 valence electrons. The van der Waals surface area contributed by atoms with Crippen molar-refractivity contribution in [1.82, 2.24) is 0 Å². The van der Waals surface area contributed by atoms with Gasteiger partial charge >= 0.3 is 5.97 Å². The molecule has 1 spiro atoms. The van der Waals surface area contributed by atoms with Gasteiger partial charge in [-0.2, -0.15) is 0 Å². The van der Waals surface area contributed by atoms with Gasteiger partial charge < -0.3 is 19.7 Å². The summed E-state index contributed by atoms with van der Waals surface area (Å²) in [5.74, 6) is -0.239. The summed E-state index contributed by atoms with van der Waals surface area (Å²) in [6, 6.07) is 0. The molecule has 0 amide bonds. The molecule has 0 radical (unpaired) electrons. The molecule has 4 fully saturated rings. The first-order chi connectivity index (χ1) is 9.22. The molecule has 2 N–H and O–H groups in total. The molecule has 2 bridgehead atoms. The van der Waals surface area contributed by atoms with Crippen LogP contribution in [0.4, 0.5) is 0 Å². The lowest BCUT2D eigenvalue weighted by atomic mass is 9.64. The third-order valence-corrected chi connectivity index (χ3v) is 7.66. The summed E-state index contributed by atoms with van der Waals surface area (Å²) < 4.78 is 11.1. The average molecular weight is 282 g/mol.